The van der Waals surface area contributed by atoms with Crippen LogP contribution in [0.2, 0.25) is 0 Å². The van der Waals surface area contributed by atoms with Gasteiger partial charge in [0.05, 0.1) is 18.2 Å². The van der Waals surface area contributed by atoms with Crippen molar-refractivity contribution in [3.8, 4) is 0 Å². The molecule has 1 amide bonds. The molecule has 2 saturated heterocycles. The van der Waals surface area contributed by atoms with E-state index >= 15 is 0 Å². The van der Waals surface area contributed by atoms with Gasteiger partial charge in [0.25, 0.3) is 5.91 Å². The number of benzene rings is 1. The summed E-state index contributed by atoms with van der Waals surface area (Å²) < 4.78 is 7.78. The highest BCUT2D eigenvalue weighted by Crippen LogP contribution is 2.35. The third kappa shape index (κ3) is 3.39. The molecule has 6 heteroatoms. The van der Waals surface area contributed by atoms with Gasteiger partial charge in [0.1, 0.15) is 0 Å². The zero-order chi connectivity index (χ0) is 18.0. The van der Waals surface area contributed by atoms with Gasteiger partial charge in [-0.05, 0) is 49.4 Å². The fraction of sp³-hybridized carbons (Fsp3) is 0.500. The number of ether oxygens (including phenoxy) is 1. The van der Waals surface area contributed by atoms with Crippen LogP contribution >= 0.6 is 0 Å². The van der Waals surface area contributed by atoms with Crippen molar-refractivity contribution >= 4 is 5.91 Å². The van der Waals surface area contributed by atoms with E-state index in [9.17, 15) is 9.90 Å². The minimum atomic E-state index is -0.447. The Morgan fingerprint density at radius 2 is 2.15 bits per heavy atom. The molecule has 0 bridgehead atoms. The van der Waals surface area contributed by atoms with Gasteiger partial charge in [-0.2, -0.15) is 5.10 Å². The molecule has 2 aliphatic heterocycles. The maximum Gasteiger partial charge on any atom is 0.253 e. The van der Waals surface area contributed by atoms with Crippen molar-refractivity contribution in [3.05, 3.63) is 53.9 Å². The van der Waals surface area contributed by atoms with E-state index in [0.29, 0.717) is 44.6 Å². The van der Waals surface area contributed by atoms with Crippen molar-refractivity contribution < 1.29 is 14.6 Å². The van der Waals surface area contributed by atoms with Crippen molar-refractivity contribution in [2.24, 2.45) is 0 Å². The number of nitrogens with zero attached hydrogens (tertiary/aromatic N) is 3. The van der Waals surface area contributed by atoms with E-state index in [1.807, 2.05) is 46.1 Å². The van der Waals surface area contributed by atoms with Crippen LogP contribution in [0.25, 0.3) is 0 Å². The van der Waals surface area contributed by atoms with Gasteiger partial charge in [0, 0.05) is 37.7 Å². The summed E-state index contributed by atoms with van der Waals surface area (Å²) in [6.07, 6.45) is 6.36. The molecule has 0 aliphatic carbocycles. The summed E-state index contributed by atoms with van der Waals surface area (Å²) in [5.74, 6) is 0.0486. The molecule has 26 heavy (non-hydrogen) atoms. The van der Waals surface area contributed by atoms with Crippen molar-refractivity contribution in [2.45, 2.75) is 43.9 Å². The quantitative estimate of drug-likeness (QED) is 0.915. The van der Waals surface area contributed by atoms with Crippen molar-refractivity contribution in [1.82, 2.24) is 14.7 Å². The fourth-order valence-corrected chi connectivity index (χ4v) is 4.04. The van der Waals surface area contributed by atoms with Crippen LogP contribution in [0.1, 0.15) is 41.6 Å². The lowest BCUT2D eigenvalue weighted by atomic mass is 9.82. The molecular formula is C20H25N3O3. The third-order valence-electron chi connectivity index (χ3n) is 5.59. The number of carbonyl (C=O) groups excluding carboxylic acids is 1. The Hall–Kier alpha value is -2.18. The average Bonchev–Trinajstić information content (AvgIpc) is 3.18. The van der Waals surface area contributed by atoms with Crippen LogP contribution in [0.4, 0.5) is 0 Å². The smallest absolute Gasteiger partial charge is 0.253 e. The monoisotopic (exact) mass is 355 g/mol. The van der Waals surface area contributed by atoms with Crippen LogP contribution in [0, 0.1) is 0 Å². The predicted octanol–water partition coefficient (Wildman–Crippen LogP) is 2.08. The molecule has 1 atom stereocenters. The summed E-state index contributed by atoms with van der Waals surface area (Å²) in [5, 5.41) is 14.6. The maximum atomic E-state index is 12.9. The van der Waals surface area contributed by atoms with E-state index in [1.54, 1.807) is 6.20 Å². The summed E-state index contributed by atoms with van der Waals surface area (Å²) in [5.41, 5.74) is 1.31. The molecule has 6 nitrogen and oxygen atoms in total. The van der Waals surface area contributed by atoms with Crippen molar-refractivity contribution in [1.29, 1.82) is 0 Å². The number of hydrogen-bond acceptors (Lipinski definition) is 4. The topological polar surface area (TPSA) is 67.6 Å². The van der Waals surface area contributed by atoms with Crippen molar-refractivity contribution in [3.63, 3.8) is 0 Å². The Balaban J connectivity index is 1.42. The highest BCUT2D eigenvalue weighted by Gasteiger charge is 2.44. The van der Waals surface area contributed by atoms with Gasteiger partial charge in [0.15, 0.2) is 0 Å². The van der Waals surface area contributed by atoms with Gasteiger partial charge in [0.2, 0.25) is 0 Å². The second-order valence-electron chi connectivity index (χ2n) is 7.27. The van der Waals surface area contributed by atoms with Gasteiger partial charge >= 0.3 is 0 Å². The number of hydrogen-bond donors (Lipinski definition) is 1. The van der Waals surface area contributed by atoms with Gasteiger partial charge in [-0.1, -0.05) is 12.1 Å². The first-order valence-corrected chi connectivity index (χ1v) is 9.34. The van der Waals surface area contributed by atoms with E-state index < -0.39 is 11.7 Å². The van der Waals surface area contributed by atoms with Gasteiger partial charge in [-0.25, -0.2) is 0 Å². The summed E-state index contributed by atoms with van der Waals surface area (Å²) in [7, 11) is 0. The molecule has 4 rings (SSSR count). The van der Waals surface area contributed by atoms with E-state index in [1.165, 1.54) is 0 Å². The summed E-state index contributed by atoms with van der Waals surface area (Å²) in [6.45, 7) is 2.61. The van der Waals surface area contributed by atoms with E-state index in [-0.39, 0.29) is 5.91 Å². The molecule has 1 aromatic carbocycles. The number of aromatic nitrogens is 2. The molecule has 1 spiro atoms. The molecule has 1 unspecified atom stereocenters. The first kappa shape index (κ1) is 17.2. The van der Waals surface area contributed by atoms with E-state index in [2.05, 4.69) is 5.10 Å². The van der Waals surface area contributed by atoms with E-state index in [4.69, 9.17) is 4.74 Å². The molecule has 3 heterocycles. The lowest BCUT2D eigenvalue weighted by Crippen LogP contribution is -2.56. The number of aliphatic hydroxyl groups is 1. The van der Waals surface area contributed by atoms with Crippen LogP contribution in [0.5, 0.6) is 0 Å². The van der Waals surface area contributed by atoms with Crippen molar-refractivity contribution in [2.75, 3.05) is 19.7 Å². The van der Waals surface area contributed by atoms with Gasteiger partial charge < -0.3 is 14.7 Å². The molecule has 0 saturated carbocycles. The fourth-order valence-electron chi connectivity index (χ4n) is 4.04. The first-order valence-electron chi connectivity index (χ1n) is 9.34. The van der Waals surface area contributed by atoms with Gasteiger partial charge in [-0.3, -0.25) is 9.48 Å². The minimum Gasteiger partial charge on any atom is -0.390 e. The molecule has 2 aromatic rings. The SMILES string of the molecule is O=C(c1cccc(Cn2cccn2)c1)N1CCC2(CC1)OCCCC2O. The lowest BCUT2D eigenvalue weighted by Gasteiger charge is -2.46. The standard InChI is InChI=1S/C20H25N3O3/c24-18-6-2-13-26-20(18)7-11-22(12-8-20)19(25)17-5-1-4-16(14-17)15-23-10-3-9-21-23/h1,3-5,9-10,14,18,24H,2,6-8,11-13,15H2. The van der Waals surface area contributed by atoms with E-state index in [0.717, 1.165) is 18.4 Å². The highest BCUT2D eigenvalue weighted by molar-refractivity contribution is 5.94. The normalized spacial score (nSPS) is 22.5. The predicted molar refractivity (Wildman–Crippen MR) is 96.8 cm³/mol. The number of aliphatic hydroxyl groups excluding tert-OH is 1. The molecule has 2 fully saturated rings. The number of rotatable bonds is 3. The number of amides is 1. The van der Waals surface area contributed by atoms with Gasteiger partial charge in [-0.15, -0.1) is 0 Å². The summed E-state index contributed by atoms with van der Waals surface area (Å²) in [6, 6.07) is 9.63. The molecule has 1 aromatic heterocycles. The van der Waals surface area contributed by atoms with Crippen LogP contribution in [-0.2, 0) is 11.3 Å². The van der Waals surface area contributed by atoms with Crippen LogP contribution in [0.3, 0.4) is 0 Å². The molecule has 1 N–H and O–H groups in total. The Kier molecular flexibility index (Phi) is 4.78. The highest BCUT2D eigenvalue weighted by atomic mass is 16.5. The Labute approximate surface area is 153 Å². The maximum absolute atomic E-state index is 12.9. The largest absolute Gasteiger partial charge is 0.390 e. The number of piperidine rings is 1. The number of likely N-dealkylation sites (tertiary alicyclic amines) is 1. The zero-order valence-electron chi connectivity index (χ0n) is 14.9. The third-order valence-corrected chi connectivity index (χ3v) is 5.59. The summed E-state index contributed by atoms with van der Waals surface area (Å²) in [4.78, 5) is 14.8. The summed E-state index contributed by atoms with van der Waals surface area (Å²) >= 11 is 0. The molecule has 138 valence electrons. The first-order chi connectivity index (χ1) is 12.7. The average molecular weight is 355 g/mol. The molecular weight excluding hydrogens is 330 g/mol. The minimum absolute atomic E-state index is 0.0486. The molecule has 0 radical (unpaired) electrons. The molecule has 2 aliphatic rings. The van der Waals surface area contributed by atoms with Crippen LogP contribution < -0.4 is 0 Å². The number of carbonyl (C=O) groups is 1. The lowest BCUT2D eigenvalue weighted by molar-refractivity contribution is -0.174. The Morgan fingerprint density at radius 3 is 2.88 bits per heavy atom. The second kappa shape index (κ2) is 7.21. The van der Waals surface area contributed by atoms with Crippen LogP contribution in [0.15, 0.2) is 42.7 Å². The zero-order valence-corrected chi connectivity index (χ0v) is 14.9. The van der Waals surface area contributed by atoms with Crippen LogP contribution in [-0.4, -0.2) is 57.1 Å². The Bertz CT molecular complexity index is 751. The second-order valence-corrected chi connectivity index (χ2v) is 7.27. The Morgan fingerprint density at radius 1 is 1.31 bits per heavy atom.